The first kappa shape index (κ1) is 11.3. The second-order valence-corrected chi connectivity index (χ2v) is 4.14. The molecule has 0 bridgehead atoms. The van der Waals surface area contributed by atoms with Crippen LogP contribution in [0.3, 0.4) is 0 Å². The molecule has 0 aromatic carbocycles. The van der Waals surface area contributed by atoms with E-state index in [1.807, 2.05) is 0 Å². The Labute approximate surface area is 97.3 Å². The van der Waals surface area contributed by atoms with Gasteiger partial charge in [-0.25, -0.2) is 9.98 Å². The Bertz CT molecular complexity index is 380. The van der Waals surface area contributed by atoms with Crippen molar-refractivity contribution in [3.05, 3.63) is 21.2 Å². The van der Waals surface area contributed by atoms with Gasteiger partial charge in [-0.1, -0.05) is 0 Å². The van der Waals surface area contributed by atoms with Crippen molar-refractivity contribution in [3.63, 3.8) is 0 Å². The van der Waals surface area contributed by atoms with Gasteiger partial charge in [0.1, 0.15) is 0 Å². The molecule has 0 aliphatic carbocycles. The lowest BCUT2D eigenvalue weighted by Crippen LogP contribution is -1.93. The van der Waals surface area contributed by atoms with Crippen molar-refractivity contribution in [1.82, 2.24) is 4.98 Å². The summed E-state index contributed by atoms with van der Waals surface area (Å²) in [5.74, 6) is -0.448. The lowest BCUT2D eigenvalue weighted by atomic mass is 10.4. The minimum Gasteiger partial charge on any atom is -0.481 e. The Kier molecular flexibility index (Phi) is 4.21. The van der Waals surface area contributed by atoms with E-state index in [0.29, 0.717) is 10.3 Å². The number of rotatable bonds is 3. The Morgan fingerprint density at radius 1 is 1.64 bits per heavy atom. The van der Waals surface area contributed by atoms with Gasteiger partial charge in [0, 0.05) is 16.9 Å². The highest BCUT2D eigenvalue weighted by Crippen LogP contribution is 2.25. The van der Waals surface area contributed by atoms with Gasteiger partial charge in [0.15, 0.2) is 5.82 Å². The van der Waals surface area contributed by atoms with Crippen LogP contribution >= 0.6 is 31.9 Å². The van der Waals surface area contributed by atoms with Gasteiger partial charge in [0.2, 0.25) is 0 Å². The lowest BCUT2D eigenvalue weighted by molar-refractivity contribution is -0.135. The predicted octanol–water partition coefficient (Wildman–Crippen LogP) is 2.78. The first-order valence-corrected chi connectivity index (χ1v) is 5.23. The maximum atomic E-state index is 10.2. The van der Waals surface area contributed by atoms with Crippen LogP contribution in [0.15, 0.2) is 26.2 Å². The van der Waals surface area contributed by atoms with Gasteiger partial charge in [-0.3, -0.25) is 4.79 Å². The van der Waals surface area contributed by atoms with E-state index < -0.39 is 5.97 Å². The topological polar surface area (TPSA) is 62.5 Å². The molecule has 0 unspecified atom stereocenters. The summed E-state index contributed by atoms with van der Waals surface area (Å²) >= 11 is 6.51. The normalized spacial score (nSPS) is 10.7. The predicted molar refractivity (Wildman–Crippen MR) is 60.0 cm³/mol. The molecule has 0 saturated carbocycles. The fourth-order valence-electron chi connectivity index (χ4n) is 0.713. The molecule has 1 aromatic rings. The van der Waals surface area contributed by atoms with Crippen LogP contribution in [0.5, 0.6) is 0 Å². The van der Waals surface area contributed by atoms with Gasteiger partial charge in [-0.05, 0) is 37.9 Å². The van der Waals surface area contributed by atoms with E-state index in [1.54, 1.807) is 12.3 Å². The van der Waals surface area contributed by atoms with Gasteiger partial charge in [0.05, 0.1) is 10.9 Å². The molecule has 0 fully saturated rings. The van der Waals surface area contributed by atoms with E-state index in [0.717, 1.165) is 4.47 Å². The van der Waals surface area contributed by atoms with Crippen LogP contribution < -0.4 is 0 Å². The van der Waals surface area contributed by atoms with Gasteiger partial charge < -0.3 is 5.11 Å². The summed E-state index contributed by atoms with van der Waals surface area (Å²) in [4.78, 5) is 18.1. The Hall–Kier alpha value is -0.750. The third kappa shape index (κ3) is 3.55. The molecular formula is C8H6Br2N2O2. The summed E-state index contributed by atoms with van der Waals surface area (Å²) < 4.78 is 1.55. The zero-order valence-corrected chi connectivity index (χ0v) is 10.1. The van der Waals surface area contributed by atoms with E-state index in [9.17, 15) is 4.79 Å². The van der Waals surface area contributed by atoms with Gasteiger partial charge >= 0.3 is 5.97 Å². The van der Waals surface area contributed by atoms with Crippen LogP contribution in [-0.4, -0.2) is 22.3 Å². The lowest BCUT2D eigenvalue weighted by Gasteiger charge is -1.96. The van der Waals surface area contributed by atoms with Crippen LogP contribution in [0.1, 0.15) is 6.42 Å². The quantitative estimate of drug-likeness (QED) is 0.871. The van der Waals surface area contributed by atoms with Crippen LogP contribution in [0.2, 0.25) is 0 Å². The van der Waals surface area contributed by atoms with Crippen molar-refractivity contribution < 1.29 is 9.90 Å². The van der Waals surface area contributed by atoms with Crippen LogP contribution in [0.25, 0.3) is 0 Å². The van der Waals surface area contributed by atoms with E-state index in [2.05, 4.69) is 41.8 Å². The van der Waals surface area contributed by atoms with Crippen LogP contribution in [0.4, 0.5) is 5.82 Å². The maximum Gasteiger partial charge on any atom is 0.308 e. The number of carbonyl (C=O) groups is 1. The first-order valence-electron chi connectivity index (χ1n) is 3.65. The van der Waals surface area contributed by atoms with Gasteiger partial charge in [-0.15, -0.1) is 0 Å². The third-order valence-corrected chi connectivity index (χ3v) is 2.29. The molecule has 74 valence electrons. The number of aliphatic imine (C=N–C) groups is 1. The molecule has 0 atom stereocenters. The number of nitrogens with zero attached hydrogens (tertiary/aromatic N) is 2. The first-order chi connectivity index (χ1) is 6.59. The summed E-state index contributed by atoms with van der Waals surface area (Å²) in [5.41, 5.74) is 0. The van der Waals surface area contributed by atoms with Crippen molar-refractivity contribution in [2.24, 2.45) is 4.99 Å². The zero-order chi connectivity index (χ0) is 10.6. The minimum atomic E-state index is -0.915. The molecule has 0 spiro atoms. The second-order valence-electron chi connectivity index (χ2n) is 2.37. The molecule has 1 aromatic heterocycles. The number of hydrogen-bond acceptors (Lipinski definition) is 3. The molecule has 4 nitrogen and oxygen atoms in total. The molecular weight excluding hydrogens is 316 g/mol. The average molecular weight is 322 g/mol. The molecule has 0 saturated heterocycles. The zero-order valence-electron chi connectivity index (χ0n) is 6.94. The van der Waals surface area contributed by atoms with Crippen molar-refractivity contribution in [2.45, 2.75) is 6.42 Å². The molecule has 0 amide bonds. The molecule has 6 heteroatoms. The number of pyridine rings is 1. The molecule has 0 aliphatic rings. The fraction of sp³-hybridized carbons (Fsp3) is 0.125. The van der Waals surface area contributed by atoms with Crippen LogP contribution in [-0.2, 0) is 4.79 Å². The number of halogens is 2. The second kappa shape index (κ2) is 5.21. The number of aromatic nitrogens is 1. The van der Waals surface area contributed by atoms with E-state index in [-0.39, 0.29) is 6.42 Å². The van der Waals surface area contributed by atoms with E-state index in [4.69, 9.17) is 5.11 Å². The molecule has 1 N–H and O–H groups in total. The summed E-state index contributed by atoms with van der Waals surface area (Å²) in [6.45, 7) is 0. The smallest absolute Gasteiger partial charge is 0.308 e. The standard InChI is InChI=1S/C8H6Br2N2O2/c9-5-3-6(10)8(12-4-5)11-2-1-7(13)14/h2-4H,1H2,(H,13,14)/b11-2+. The Balaban J connectivity index is 2.76. The summed E-state index contributed by atoms with van der Waals surface area (Å²) in [6, 6.07) is 1.79. The highest BCUT2D eigenvalue weighted by Gasteiger charge is 1.99. The van der Waals surface area contributed by atoms with Gasteiger partial charge in [0.25, 0.3) is 0 Å². The Morgan fingerprint density at radius 2 is 2.36 bits per heavy atom. The van der Waals surface area contributed by atoms with Gasteiger partial charge in [-0.2, -0.15) is 0 Å². The summed E-state index contributed by atoms with van der Waals surface area (Å²) in [7, 11) is 0. The molecule has 0 aliphatic heterocycles. The highest BCUT2D eigenvalue weighted by molar-refractivity contribution is 9.11. The highest BCUT2D eigenvalue weighted by atomic mass is 79.9. The average Bonchev–Trinajstić information content (AvgIpc) is 2.08. The number of carboxylic acids is 1. The maximum absolute atomic E-state index is 10.2. The molecule has 1 rings (SSSR count). The van der Waals surface area contributed by atoms with E-state index in [1.165, 1.54) is 6.21 Å². The van der Waals surface area contributed by atoms with Crippen molar-refractivity contribution in [3.8, 4) is 0 Å². The third-order valence-electron chi connectivity index (χ3n) is 1.27. The van der Waals surface area contributed by atoms with Crippen molar-refractivity contribution >= 4 is 49.9 Å². The monoisotopic (exact) mass is 320 g/mol. The van der Waals surface area contributed by atoms with Crippen LogP contribution in [0, 0.1) is 0 Å². The van der Waals surface area contributed by atoms with Crippen molar-refractivity contribution in [2.75, 3.05) is 0 Å². The summed E-state index contributed by atoms with van der Waals surface area (Å²) in [6.07, 6.45) is 2.80. The number of hydrogen-bond donors (Lipinski definition) is 1. The summed E-state index contributed by atoms with van der Waals surface area (Å²) in [5, 5.41) is 8.37. The minimum absolute atomic E-state index is 0.107. The SMILES string of the molecule is O=C(O)C/C=N/c1ncc(Br)cc1Br. The Morgan fingerprint density at radius 3 is 2.93 bits per heavy atom. The number of aliphatic carboxylic acids is 1. The number of carboxylic acid groups (broad SMARTS) is 1. The molecule has 14 heavy (non-hydrogen) atoms. The largest absolute Gasteiger partial charge is 0.481 e. The molecule has 1 heterocycles. The van der Waals surface area contributed by atoms with E-state index >= 15 is 0 Å². The van der Waals surface area contributed by atoms with Crippen molar-refractivity contribution in [1.29, 1.82) is 0 Å². The molecule has 0 radical (unpaired) electrons. The fourth-order valence-corrected chi connectivity index (χ4v) is 1.80.